The summed E-state index contributed by atoms with van der Waals surface area (Å²) in [5, 5.41) is 5.14. The first-order chi connectivity index (χ1) is 30.3. The third kappa shape index (κ3) is 5.93. The van der Waals surface area contributed by atoms with E-state index >= 15 is 0 Å². The first kappa shape index (κ1) is 35.5. The van der Waals surface area contributed by atoms with Gasteiger partial charge in [0, 0.05) is 33.8 Å². The van der Waals surface area contributed by atoms with Gasteiger partial charge >= 0.3 is 0 Å². The summed E-state index contributed by atoms with van der Waals surface area (Å²) in [7, 11) is 0. The van der Waals surface area contributed by atoms with Gasteiger partial charge in [-0.25, -0.2) is 0 Å². The lowest BCUT2D eigenvalue weighted by Crippen LogP contribution is -2.14. The van der Waals surface area contributed by atoms with E-state index in [4.69, 9.17) is 0 Å². The van der Waals surface area contributed by atoms with Crippen molar-refractivity contribution >= 4 is 67.8 Å². The SMILES string of the molecule is C1=Cc2c(-c3c4c(c(-c5ccc(N(c6ccccc6)c6ccccc6)c6ccccc56)c5ccccc35)C3CC3C=C4)ccc(N(c3ccccc3)c3ccccc3)c2CC1. The largest absolute Gasteiger partial charge is 0.310 e. The molecule has 0 N–H and O–H groups in total. The number of para-hydroxylation sites is 4. The molecule has 290 valence electrons. The molecule has 0 bridgehead atoms. The third-order valence-corrected chi connectivity index (χ3v) is 13.2. The van der Waals surface area contributed by atoms with Crippen LogP contribution in [0, 0.1) is 5.92 Å². The molecule has 9 aromatic carbocycles. The molecule has 0 heterocycles. The monoisotopic (exact) mass is 780 g/mol. The number of fused-ring (bicyclic) bond motifs is 6. The number of allylic oxidation sites excluding steroid dienone is 2. The molecule has 0 spiro atoms. The molecule has 2 atom stereocenters. The van der Waals surface area contributed by atoms with E-state index in [-0.39, 0.29) is 0 Å². The van der Waals surface area contributed by atoms with E-state index in [0.29, 0.717) is 11.8 Å². The van der Waals surface area contributed by atoms with E-state index in [1.54, 1.807) is 0 Å². The highest BCUT2D eigenvalue weighted by Crippen LogP contribution is 2.60. The van der Waals surface area contributed by atoms with Crippen molar-refractivity contribution in [2.75, 3.05) is 9.80 Å². The predicted molar refractivity (Wildman–Crippen MR) is 259 cm³/mol. The molecule has 0 aliphatic heterocycles. The van der Waals surface area contributed by atoms with Gasteiger partial charge in [-0.1, -0.05) is 158 Å². The molecule has 12 rings (SSSR count). The highest BCUT2D eigenvalue weighted by Gasteiger charge is 2.43. The lowest BCUT2D eigenvalue weighted by atomic mass is 9.77. The fraction of sp³-hybridized carbons (Fsp3) is 0.0847. The van der Waals surface area contributed by atoms with Gasteiger partial charge in [0.25, 0.3) is 0 Å². The molecule has 9 aromatic rings. The van der Waals surface area contributed by atoms with Gasteiger partial charge in [-0.2, -0.15) is 0 Å². The van der Waals surface area contributed by atoms with Gasteiger partial charge in [0.15, 0.2) is 0 Å². The van der Waals surface area contributed by atoms with Crippen LogP contribution in [0.1, 0.15) is 41.0 Å². The lowest BCUT2D eigenvalue weighted by molar-refractivity contribution is 0.979. The maximum absolute atomic E-state index is 2.50. The molecule has 0 radical (unpaired) electrons. The second-order valence-electron chi connectivity index (χ2n) is 16.6. The van der Waals surface area contributed by atoms with Crippen LogP contribution in [0.15, 0.2) is 206 Å². The first-order valence-electron chi connectivity index (χ1n) is 21.7. The van der Waals surface area contributed by atoms with Crippen LogP contribution >= 0.6 is 0 Å². The summed E-state index contributed by atoms with van der Waals surface area (Å²) in [4.78, 5) is 4.85. The summed E-state index contributed by atoms with van der Waals surface area (Å²) < 4.78 is 0. The summed E-state index contributed by atoms with van der Waals surface area (Å²) in [5.41, 5.74) is 18.1. The summed E-state index contributed by atoms with van der Waals surface area (Å²) in [6, 6.07) is 71.1. The summed E-state index contributed by atoms with van der Waals surface area (Å²) in [6.45, 7) is 0. The number of hydrogen-bond donors (Lipinski definition) is 0. The molecule has 2 heteroatoms. The lowest BCUT2D eigenvalue weighted by Gasteiger charge is -2.31. The minimum atomic E-state index is 0.499. The van der Waals surface area contributed by atoms with Gasteiger partial charge in [-0.05, 0) is 152 Å². The Morgan fingerprint density at radius 2 is 0.885 bits per heavy atom. The maximum Gasteiger partial charge on any atom is 0.0540 e. The molecule has 0 aromatic heterocycles. The summed E-state index contributed by atoms with van der Waals surface area (Å²) in [6.07, 6.45) is 13.0. The van der Waals surface area contributed by atoms with E-state index in [9.17, 15) is 0 Å². The Kier molecular flexibility index (Phi) is 8.55. The third-order valence-electron chi connectivity index (χ3n) is 13.2. The molecule has 1 fully saturated rings. The van der Waals surface area contributed by atoms with E-state index in [0.717, 1.165) is 24.2 Å². The van der Waals surface area contributed by atoms with Crippen molar-refractivity contribution < 1.29 is 0 Å². The fourth-order valence-electron chi connectivity index (χ4n) is 10.4. The van der Waals surface area contributed by atoms with E-state index in [2.05, 4.69) is 228 Å². The van der Waals surface area contributed by atoms with Crippen LogP contribution in [0.2, 0.25) is 0 Å². The van der Waals surface area contributed by atoms with Crippen molar-refractivity contribution in [1.82, 2.24) is 0 Å². The minimum Gasteiger partial charge on any atom is -0.310 e. The van der Waals surface area contributed by atoms with Crippen molar-refractivity contribution in [3.63, 3.8) is 0 Å². The maximum atomic E-state index is 2.50. The topological polar surface area (TPSA) is 6.48 Å². The fourth-order valence-corrected chi connectivity index (χ4v) is 10.4. The van der Waals surface area contributed by atoms with Gasteiger partial charge < -0.3 is 9.80 Å². The van der Waals surface area contributed by atoms with Gasteiger partial charge in [-0.15, -0.1) is 0 Å². The van der Waals surface area contributed by atoms with E-state index in [1.807, 2.05) is 0 Å². The Labute approximate surface area is 358 Å². The van der Waals surface area contributed by atoms with Crippen molar-refractivity contribution in [3.05, 3.63) is 229 Å². The number of hydrogen-bond acceptors (Lipinski definition) is 2. The molecule has 3 aliphatic rings. The zero-order valence-corrected chi connectivity index (χ0v) is 34.0. The Morgan fingerprint density at radius 1 is 0.393 bits per heavy atom. The van der Waals surface area contributed by atoms with Gasteiger partial charge in [0.2, 0.25) is 0 Å². The molecular formula is C59H44N2. The minimum absolute atomic E-state index is 0.499. The molecule has 2 unspecified atom stereocenters. The Bertz CT molecular complexity index is 3090. The van der Waals surface area contributed by atoms with Crippen LogP contribution in [0.4, 0.5) is 34.1 Å². The van der Waals surface area contributed by atoms with Crippen molar-refractivity contribution in [2.24, 2.45) is 5.92 Å². The van der Waals surface area contributed by atoms with Gasteiger partial charge in [0.1, 0.15) is 0 Å². The molecule has 2 nitrogen and oxygen atoms in total. The Hall–Kier alpha value is -7.42. The quantitative estimate of drug-likeness (QED) is 0.152. The van der Waals surface area contributed by atoms with Crippen LogP contribution in [-0.4, -0.2) is 0 Å². The van der Waals surface area contributed by atoms with Crippen LogP contribution in [-0.2, 0) is 6.42 Å². The smallest absolute Gasteiger partial charge is 0.0540 e. The van der Waals surface area contributed by atoms with Gasteiger partial charge in [0.05, 0.1) is 5.69 Å². The van der Waals surface area contributed by atoms with E-state index in [1.165, 1.54) is 95.2 Å². The summed E-state index contributed by atoms with van der Waals surface area (Å²) >= 11 is 0. The molecular weight excluding hydrogens is 737 g/mol. The normalized spacial score (nSPS) is 15.9. The van der Waals surface area contributed by atoms with Crippen LogP contribution in [0.3, 0.4) is 0 Å². The van der Waals surface area contributed by atoms with Crippen LogP contribution in [0.5, 0.6) is 0 Å². The Morgan fingerprint density at radius 3 is 1.49 bits per heavy atom. The average Bonchev–Trinajstić information content (AvgIpc) is 4.14. The zero-order valence-electron chi connectivity index (χ0n) is 34.0. The molecule has 0 amide bonds. The second-order valence-corrected chi connectivity index (χ2v) is 16.6. The molecule has 61 heavy (non-hydrogen) atoms. The van der Waals surface area contributed by atoms with Crippen LogP contribution < -0.4 is 9.80 Å². The van der Waals surface area contributed by atoms with Crippen LogP contribution in [0.25, 0.3) is 56.0 Å². The Balaban J connectivity index is 1.10. The number of rotatable bonds is 8. The highest BCUT2D eigenvalue weighted by atomic mass is 15.1. The number of anilines is 6. The van der Waals surface area contributed by atoms with Gasteiger partial charge in [-0.3, -0.25) is 0 Å². The predicted octanol–water partition coefficient (Wildman–Crippen LogP) is 16.4. The molecule has 3 aliphatic carbocycles. The summed E-state index contributed by atoms with van der Waals surface area (Å²) in [5.74, 6) is 1.08. The second kappa shape index (κ2) is 14.7. The van der Waals surface area contributed by atoms with Crippen molar-refractivity contribution in [3.8, 4) is 22.3 Å². The van der Waals surface area contributed by atoms with Crippen molar-refractivity contribution in [1.29, 1.82) is 0 Å². The zero-order chi connectivity index (χ0) is 40.3. The molecule has 0 saturated heterocycles. The first-order valence-corrected chi connectivity index (χ1v) is 21.7. The highest BCUT2D eigenvalue weighted by molar-refractivity contribution is 6.16. The van der Waals surface area contributed by atoms with E-state index < -0.39 is 0 Å². The van der Waals surface area contributed by atoms with Crippen molar-refractivity contribution in [2.45, 2.75) is 25.2 Å². The average molecular weight is 781 g/mol. The number of nitrogens with zero attached hydrogens (tertiary/aromatic N) is 2. The number of benzene rings is 9. The standard InChI is InChI=1S/C59H44N2/c1-5-19-41(20-6-1)60(42-21-7-2-8-22-42)55-37-35-51(45-27-13-15-29-47(45)55)57-49-31-17-18-32-50(49)58(59-53(57)34-33-40-39-54(40)59)52-36-38-56(48-30-16-14-28-46(48)52)61(43-23-9-3-10-24-43)44-25-11-4-12-26-44/h1-14,16-28,30-38,40,54H,15,29,39H2. The molecule has 1 saturated carbocycles.